The number of rotatable bonds is 5. The van der Waals surface area contributed by atoms with Crippen molar-refractivity contribution in [3.8, 4) is 5.75 Å². The summed E-state index contributed by atoms with van der Waals surface area (Å²) in [6.07, 6.45) is 5.05. The molecule has 0 amide bonds. The summed E-state index contributed by atoms with van der Waals surface area (Å²) in [6.45, 7) is 9.04. The molecular formula is C26H35N3O2. The second kappa shape index (κ2) is 8.79. The van der Waals surface area contributed by atoms with Crippen LogP contribution in [0.5, 0.6) is 5.75 Å². The maximum Gasteiger partial charge on any atom is 0.255 e. The Morgan fingerprint density at radius 3 is 2.55 bits per heavy atom. The lowest BCUT2D eigenvalue weighted by atomic mass is 9.82. The molecule has 2 bridgehead atoms. The largest absolute Gasteiger partial charge is 0.496 e. The van der Waals surface area contributed by atoms with Crippen LogP contribution in [0.15, 0.2) is 35.1 Å². The van der Waals surface area contributed by atoms with Gasteiger partial charge in [0.2, 0.25) is 0 Å². The van der Waals surface area contributed by atoms with Gasteiger partial charge in [-0.2, -0.15) is 0 Å². The topological polar surface area (TPSA) is 37.7 Å². The van der Waals surface area contributed by atoms with Crippen molar-refractivity contribution >= 4 is 0 Å². The molecule has 0 radical (unpaired) electrons. The lowest BCUT2D eigenvalue weighted by molar-refractivity contribution is 0.113. The van der Waals surface area contributed by atoms with E-state index in [1.54, 1.807) is 7.11 Å². The second-order valence-electron chi connectivity index (χ2n) is 9.84. The Morgan fingerprint density at radius 2 is 1.74 bits per heavy atom. The zero-order valence-corrected chi connectivity index (χ0v) is 19.0. The smallest absolute Gasteiger partial charge is 0.255 e. The summed E-state index contributed by atoms with van der Waals surface area (Å²) in [6, 6.07) is 10.8. The molecule has 0 unspecified atom stereocenters. The van der Waals surface area contributed by atoms with Crippen LogP contribution in [0, 0.1) is 12.8 Å². The van der Waals surface area contributed by atoms with E-state index in [0.29, 0.717) is 11.8 Å². The molecule has 1 aromatic carbocycles. The average molecular weight is 422 g/mol. The molecule has 2 atom stereocenters. The van der Waals surface area contributed by atoms with E-state index < -0.39 is 0 Å². The SMILES string of the molecule is COc1ccc(C)cc1CN1C[C@@H]2C[C@H](C1)c1ccc(CN3CCCCC3)c(=O)n1C2. The maximum atomic E-state index is 13.3. The molecule has 1 aromatic heterocycles. The van der Waals surface area contributed by atoms with Crippen LogP contribution in [0.2, 0.25) is 0 Å². The summed E-state index contributed by atoms with van der Waals surface area (Å²) in [7, 11) is 1.75. The third-order valence-corrected chi connectivity index (χ3v) is 7.43. The van der Waals surface area contributed by atoms with Crippen molar-refractivity contribution in [2.75, 3.05) is 33.3 Å². The van der Waals surface area contributed by atoms with Crippen molar-refractivity contribution in [2.24, 2.45) is 5.92 Å². The Morgan fingerprint density at radius 1 is 0.935 bits per heavy atom. The Balaban J connectivity index is 1.34. The fraction of sp³-hybridized carbons (Fsp3) is 0.577. The molecule has 0 N–H and O–H groups in total. The number of likely N-dealkylation sites (tertiary alicyclic amines) is 2. The van der Waals surface area contributed by atoms with Crippen LogP contribution in [0.4, 0.5) is 0 Å². The molecule has 0 spiro atoms. The molecule has 5 nitrogen and oxygen atoms in total. The first kappa shape index (κ1) is 20.8. The highest BCUT2D eigenvalue weighted by atomic mass is 16.5. The fourth-order valence-corrected chi connectivity index (χ4v) is 5.97. The standard InChI is InChI=1S/C26H35N3O2/c1-19-6-9-25(31-2)23(12-19)18-28-14-20-13-22(17-28)24-8-7-21(26(30)29(24)15-20)16-27-10-4-3-5-11-27/h6-9,12,20,22H,3-5,10-11,13-18H2,1-2H3/t20-,22+/m0/s1. The number of nitrogens with zero attached hydrogens (tertiary/aromatic N) is 3. The lowest BCUT2D eigenvalue weighted by Gasteiger charge is -2.43. The van der Waals surface area contributed by atoms with Crippen LogP contribution >= 0.6 is 0 Å². The van der Waals surface area contributed by atoms with Gasteiger partial charge in [0.15, 0.2) is 0 Å². The Labute approximate surface area is 185 Å². The number of hydrogen-bond acceptors (Lipinski definition) is 4. The van der Waals surface area contributed by atoms with Gasteiger partial charge in [-0.3, -0.25) is 14.6 Å². The van der Waals surface area contributed by atoms with E-state index in [4.69, 9.17) is 4.74 Å². The van der Waals surface area contributed by atoms with E-state index in [1.807, 2.05) is 0 Å². The number of aryl methyl sites for hydroxylation is 1. The van der Waals surface area contributed by atoms with Gasteiger partial charge in [-0.25, -0.2) is 0 Å². The molecule has 3 aliphatic heterocycles. The maximum absolute atomic E-state index is 13.3. The number of piperidine rings is 2. The van der Waals surface area contributed by atoms with E-state index in [9.17, 15) is 4.79 Å². The monoisotopic (exact) mass is 421 g/mol. The summed E-state index contributed by atoms with van der Waals surface area (Å²) >= 11 is 0. The van der Waals surface area contributed by atoms with Crippen LogP contribution in [0.1, 0.15) is 54.0 Å². The summed E-state index contributed by atoms with van der Waals surface area (Å²) in [5.41, 5.74) is 5.01. The number of ether oxygens (including phenoxy) is 1. The normalized spacial score (nSPS) is 24.1. The molecular weight excluding hydrogens is 386 g/mol. The van der Waals surface area contributed by atoms with Gasteiger partial charge in [0.25, 0.3) is 5.56 Å². The van der Waals surface area contributed by atoms with Gasteiger partial charge >= 0.3 is 0 Å². The third-order valence-electron chi connectivity index (χ3n) is 7.43. The Hall–Kier alpha value is -2.11. The van der Waals surface area contributed by atoms with Crippen molar-refractivity contribution in [1.82, 2.24) is 14.4 Å². The highest BCUT2D eigenvalue weighted by molar-refractivity contribution is 5.37. The van der Waals surface area contributed by atoms with Crippen molar-refractivity contribution in [3.63, 3.8) is 0 Å². The Bertz CT molecular complexity index is 993. The van der Waals surface area contributed by atoms with Gasteiger partial charge in [0, 0.05) is 55.5 Å². The minimum atomic E-state index is 0.256. The van der Waals surface area contributed by atoms with E-state index >= 15 is 0 Å². The van der Waals surface area contributed by atoms with E-state index in [0.717, 1.165) is 57.1 Å². The second-order valence-corrected chi connectivity index (χ2v) is 9.84. The van der Waals surface area contributed by atoms with Crippen molar-refractivity contribution in [2.45, 2.75) is 58.2 Å². The molecule has 5 rings (SSSR count). The summed E-state index contributed by atoms with van der Waals surface area (Å²) in [4.78, 5) is 18.3. The summed E-state index contributed by atoms with van der Waals surface area (Å²) in [5, 5.41) is 0. The van der Waals surface area contributed by atoms with Gasteiger partial charge in [0.05, 0.1) is 7.11 Å². The molecule has 2 fully saturated rings. The van der Waals surface area contributed by atoms with E-state index in [1.165, 1.54) is 42.5 Å². The fourth-order valence-electron chi connectivity index (χ4n) is 5.97. The van der Waals surface area contributed by atoms with Crippen LogP contribution in [0.25, 0.3) is 0 Å². The minimum absolute atomic E-state index is 0.256. The molecule has 166 valence electrons. The minimum Gasteiger partial charge on any atom is -0.496 e. The number of methoxy groups -OCH3 is 1. The molecule has 2 saturated heterocycles. The highest BCUT2D eigenvalue weighted by Gasteiger charge is 2.35. The first-order valence-electron chi connectivity index (χ1n) is 11.9. The van der Waals surface area contributed by atoms with Crippen molar-refractivity contribution in [3.05, 3.63) is 63.1 Å². The van der Waals surface area contributed by atoms with Crippen LogP contribution in [-0.4, -0.2) is 47.7 Å². The lowest BCUT2D eigenvalue weighted by Crippen LogP contribution is -2.47. The number of aromatic nitrogens is 1. The predicted octanol–water partition coefficient (Wildman–Crippen LogP) is 3.77. The third kappa shape index (κ3) is 4.31. The first-order valence-corrected chi connectivity index (χ1v) is 11.9. The van der Waals surface area contributed by atoms with Crippen molar-refractivity contribution < 1.29 is 4.74 Å². The first-order chi connectivity index (χ1) is 15.1. The number of hydrogen-bond donors (Lipinski definition) is 0. The van der Waals surface area contributed by atoms with Gasteiger partial charge in [0.1, 0.15) is 5.75 Å². The summed E-state index contributed by atoms with van der Waals surface area (Å²) in [5.74, 6) is 1.96. The number of benzene rings is 1. The molecule has 3 aliphatic rings. The Kier molecular flexibility index (Phi) is 5.89. The van der Waals surface area contributed by atoms with Crippen LogP contribution < -0.4 is 10.3 Å². The molecule has 4 heterocycles. The summed E-state index contributed by atoms with van der Waals surface area (Å²) < 4.78 is 7.72. The number of pyridine rings is 1. The average Bonchev–Trinajstić information content (AvgIpc) is 2.77. The zero-order chi connectivity index (χ0) is 21.4. The van der Waals surface area contributed by atoms with Crippen molar-refractivity contribution in [1.29, 1.82) is 0 Å². The van der Waals surface area contributed by atoms with E-state index in [2.05, 4.69) is 51.6 Å². The van der Waals surface area contributed by atoms with Gasteiger partial charge in [-0.15, -0.1) is 0 Å². The zero-order valence-electron chi connectivity index (χ0n) is 19.0. The molecule has 31 heavy (non-hydrogen) atoms. The van der Waals surface area contributed by atoms with Gasteiger partial charge in [-0.1, -0.05) is 30.2 Å². The molecule has 0 saturated carbocycles. The predicted molar refractivity (Wildman–Crippen MR) is 124 cm³/mol. The van der Waals surface area contributed by atoms with Crippen LogP contribution in [-0.2, 0) is 19.6 Å². The molecule has 0 aliphatic carbocycles. The van der Waals surface area contributed by atoms with Gasteiger partial charge < -0.3 is 9.30 Å². The molecule has 2 aromatic rings. The van der Waals surface area contributed by atoms with E-state index in [-0.39, 0.29) is 5.56 Å². The number of fused-ring (bicyclic) bond motifs is 4. The molecule has 5 heteroatoms. The van der Waals surface area contributed by atoms with Gasteiger partial charge in [-0.05, 0) is 57.3 Å². The quantitative estimate of drug-likeness (QED) is 0.737. The van der Waals surface area contributed by atoms with Crippen LogP contribution in [0.3, 0.4) is 0 Å². The highest BCUT2D eigenvalue weighted by Crippen LogP contribution is 2.36.